The summed E-state index contributed by atoms with van der Waals surface area (Å²) in [6.45, 7) is 5.88. The molecule has 0 aliphatic carbocycles. The van der Waals surface area contributed by atoms with Gasteiger partial charge in [0, 0.05) is 6.54 Å². The minimum Gasteiger partial charge on any atom is -0.379 e. The molecule has 2 aromatic carbocycles. The van der Waals surface area contributed by atoms with Crippen molar-refractivity contribution in [3.63, 3.8) is 0 Å². The Bertz CT molecular complexity index is 725. The summed E-state index contributed by atoms with van der Waals surface area (Å²) < 4.78 is 42.1. The van der Waals surface area contributed by atoms with Gasteiger partial charge in [0.15, 0.2) is 0 Å². The van der Waals surface area contributed by atoms with Crippen LogP contribution in [0.25, 0.3) is 0 Å². The Morgan fingerprint density at radius 2 is 1.65 bits per heavy atom. The van der Waals surface area contributed by atoms with Gasteiger partial charge in [-0.05, 0) is 54.4 Å². The molecule has 0 bridgehead atoms. The fourth-order valence-electron chi connectivity index (χ4n) is 1.94. The maximum Gasteiger partial charge on any atom is 0.339 e. The molecule has 0 radical (unpaired) electrons. The Morgan fingerprint density at radius 3 is 2.22 bits per heavy atom. The van der Waals surface area contributed by atoms with E-state index in [2.05, 4.69) is 19.2 Å². The molecular weight excluding hydrogens is 317 g/mol. The van der Waals surface area contributed by atoms with Crippen LogP contribution in [0.5, 0.6) is 5.75 Å². The lowest BCUT2D eigenvalue weighted by Gasteiger charge is -2.09. The maximum atomic E-state index is 12.9. The highest BCUT2D eigenvalue weighted by molar-refractivity contribution is 7.87. The van der Waals surface area contributed by atoms with Crippen molar-refractivity contribution < 1.29 is 17.0 Å². The Kier molecular flexibility index (Phi) is 5.74. The van der Waals surface area contributed by atoms with Crippen LogP contribution in [0.4, 0.5) is 4.39 Å². The van der Waals surface area contributed by atoms with Crippen molar-refractivity contribution in [1.82, 2.24) is 5.32 Å². The van der Waals surface area contributed by atoms with Crippen LogP contribution in [-0.4, -0.2) is 15.0 Å². The highest BCUT2D eigenvalue weighted by Gasteiger charge is 2.16. The van der Waals surface area contributed by atoms with E-state index in [1.54, 1.807) is 12.1 Å². The first kappa shape index (κ1) is 17.4. The van der Waals surface area contributed by atoms with Gasteiger partial charge < -0.3 is 9.50 Å². The maximum absolute atomic E-state index is 12.9. The van der Waals surface area contributed by atoms with E-state index < -0.39 is 15.9 Å². The van der Waals surface area contributed by atoms with E-state index in [9.17, 15) is 12.8 Å². The van der Waals surface area contributed by atoms with Gasteiger partial charge in [-0.15, -0.1) is 0 Å². The highest BCUT2D eigenvalue weighted by Crippen LogP contribution is 2.19. The van der Waals surface area contributed by atoms with Gasteiger partial charge in [0.1, 0.15) is 16.5 Å². The number of hydrogen-bond donors (Lipinski definition) is 1. The fourth-order valence-corrected chi connectivity index (χ4v) is 2.87. The molecule has 1 N–H and O–H groups in total. The van der Waals surface area contributed by atoms with E-state index >= 15 is 0 Å². The van der Waals surface area contributed by atoms with Crippen LogP contribution in [-0.2, 0) is 16.7 Å². The van der Waals surface area contributed by atoms with Gasteiger partial charge in [0.2, 0.25) is 0 Å². The molecule has 0 atom stereocenters. The summed E-state index contributed by atoms with van der Waals surface area (Å²) in [5.41, 5.74) is 1.04. The topological polar surface area (TPSA) is 55.4 Å². The van der Waals surface area contributed by atoms with E-state index in [1.807, 2.05) is 12.1 Å². The number of rotatable bonds is 7. The summed E-state index contributed by atoms with van der Waals surface area (Å²) in [5.74, 6) is 0.294. The van der Waals surface area contributed by atoms with Crippen molar-refractivity contribution in [1.29, 1.82) is 0 Å². The molecule has 0 saturated carbocycles. The number of benzene rings is 2. The van der Waals surface area contributed by atoms with Gasteiger partial charge >= 0.3 is 10.1 Å². The SMILES string of the molecule is CC(C)CNCc1ccc(OS(=O)(=O)c2ccc(F)cc2)cc1. The number of hydrogen-bond acceptors (Lipinski definition) is 4. The number of halogens is 1. The van der Waals surface area contributed by atoms with E-state index in [4.69, 9.17) is 4.18 Å². The normalized spacial score (nSPS) is 11.7. The van der Waals surface area contributed by atoms with E-state index in [-0.39, 0.29) is 10.6 Å². The van der Waals surface area contributed by atoms with Crippen LogP contribution in [0.1, 0.15) is 19.4 Å². The quantitative estimate of drug-likeness (QED) is 0.787. The van der Waals surface area contributed by atoms with Crippen LogP contribution in [0.3, 0.4) is 0 Å². The van der Waals surface area contributed by atoms with E-state index in [0.29, 0.717) is 12.5 Å². The number of nitrogens with one attached hydrogen (secondary N) is 1. The van der Waals surface area contributed by atoms with Crippen LogP contribution in [0, 0.1) is 11.7 Å². The first-order valence-corrected chi connectivity index (χ1v) is 8.77. The van der Waals surface area contributed by atoms with Crippen LogP contribution in [0.2, 0.25) is 0 Å². The second-order valence-corrected chi connectivity index (χ2v) is 7.21. The van der Waals surface area contributed by atoms with Crippen molar-refractivity contribution in [2.75, 3.05) is 6.54 Å². The third-order valence-electron chi connectivity index (χ3n) is 3.11. The van der Waals surface area contributed by atoms with Crippen molar-refractivity contribution in [2.24, 2.45) is 5.92 Å². The molecule has 0 saturated heterocycles. The van der Waals surface area contributed by atoms with Gasteiger partial charge in [-0.1, -0.05) is 26.0 Å². The van der Waals surface area contributed by atoms with Crippen molar-refractivity contribution in [3.8, 4) is 5.75 Å². The standard InChI is InChI=1S/C17H20FNO3S/c1-13(2)11-19-12-14-3-7-16(8-4-14)22-23(20,21)17-9-5-15(18)6-10-17/h3-10,13,19H,11-12H2,1-2H3. The second kappa shape index (κ2) is 7.57. The zero-order valence-electron chi connectivity index (χ0n) is 13.1. The van der Waals surface area contributed by atoms with E-state index in [0.717, 1.165) is 24.2 Å². The predicted octanol–water partition coefficient (Wildman–Crippen LogP) is 3.34. The van der Waals surface area contributed by atoms with Gasteiger partial charge in [-0.25, -0.2) is 4.39 Å². The molecule has 0 heterocycles. The molecule has 4 nitrogen and oxygen atoms in total. The third kappa shape index (κ3) is 5.33. The summed E-state index contributed by atoms with van der Waals surface area (Å²) in [5, 5.41) is 3.31. The zero-order valence-corrected chi connectivity index (χ0v) is 13.9. The van der Waals surface area contributed by atoms with E-state index in [1.165, 1.54) is 12.1 Å². The highest BCUT2D eigenvalue weighted by atomic mass is 32.2. The first-order chi connectivity index (χ1) is 10.9. The van der Waals surface area contributed by atoms with Gasteiger partial charge in [0.05, 0.1) is 0 Å². The van der Waals surface area contributed by atoms with Crippen molar-refractivity contribution >= 4 is 10.1 Å². The summed E-state index contributed by atoms with van der Waals surface area (Å²) in [6, 6.07) is 11.3. The lowest BCUT2D eigenvalue weighted by Crippen LogP contribution is -2.18. The molecule has 0 fully saturated rings. The lowest BCUT2D eigenvalue weighted by atomic mass is 10.2. The molecular formula is C17H20FNO3S. The molecule has 0 spiro atoms. The molecule has 0 aromatic heterocycles. The molecule has 0 aliphatic rings. The summed E-state index contributed by atoms with van der Waals surface area (Å²) >= 11 is 0. The molecule has 2 aromatic rings. The minimum absolute atomic E-state index is 0.0819. The van der Waals surface area contributed by atoms with Gasteiger partial charge in [-0.3, -0.25) is 0 Å². The Labute approximate surface area is 136 Å². The largest absolute Gasteiger partial charge is 0.379 e. The Morgan fingerprint density at radius 1 is 1.04 bits per heavy atom. The molecule has 0 aliphatic heterocycles. The van der Waals surface area contributed by atoms with Gasteiger partial charge in [0.25, 0.3) is 0 Å². The van der Waals surface area contributed by atoms with Crippen LogP contribution in [0.15, 0.2) is 53.4 Å². The Hall–Kier alpha value is -1.92. The summed E-state index contributed by atoms with van der Waals surface area (Å²) in [4.78, 5) is -0.0819. The van der Waals surface area contributed by atoms with Crippen molar-refractivity contribution in [2.45, 2.75) is 25.3 Å². The first-order valence-electron chi connectivity index (χ1n) is 7.36. The molecule has 6 heteroatoms. The summed E-state index contributed by atoms with van der Waals surface area (Å²) in [7, 11) is -3.95. The fraction of sp³-hybridized carbons (Fsp3) is 0.294. The second-order valence-electron chi connectivity index (χ2n) is 5.66. The molecule has 0 unspecified atom stereocenters. The summed E-state index contributed by atoms with van der Waals surface area (Å²) in [6.07, 6.45) is 0. The molecule has 23 heavy (non-hydrogen) atoms. The molecule has 0 amide bonds. The van der Waals surface area contributed by atoms with Gasteiger partial charge in [-0.2, -0.15) is 8.42 Å². The third-order valence-corrected chi connectivity index (χ3v) is 4.37. The molecule has 2 rings (SSSR count). The smallest absolute Gasteiger partial charge is 0.339 e. The predicted molar refractivity (Wildman–Crippen MR) is 87.2 cm³/mol. The zero-order chi connectivity index (χ0) is 16.9. The van der Waals surface area contributed by atoms with Crippen molar-refractivity contribution in [3.05, 3.63) is 59.9 Å². The Balaban J connectivity index is 2.01. The average Bonchev–Trinajstić information content (AvgIpc) is 2.49. The molecule has 124 valence electrons. The van der Waals surface area contributed by atoms with Crippen LogP contribution >= 0.6 is 0 Å². The minimum atomic E-state index is -3.95. The average molecular weight is 337 g/mol. The van der Waals surface area contributed by atoms with Crippen LogP contribution < -0.4 is 9.50 Å². The monoisotopic (exact) mass is 337 g/mol. The lowest BCUT2D eigenvalue weighted by molar-refractivity contribution is 0.485.